The van der Waals surface area contributed by atoms with Crippen LogP contribution < -0.4 is 5.63 Å². The molecule has 110 valence electrons. The number of aryl methyl sites for hydroxylation is 1. The highest BCUT2D eigenvalue weighted by Gasteiger charge is 2.16. The molecule has 22 heavy (non-hydrogen) atoms. The number of hydrogen-bond donors (Lipinski definition) is 0. The lowest BCUT2D eigenvalue weighted by Crippen LogP contribution is -2.03. The van der Waals surface area contributed by atoms with E-state index < -0.39 is 11.4 Å². The smallest absolute Gasteiger partial charge is 0.339 e. The number of rotatable bonds is 2. The van der Waals surface area contributed by atoms with Crippen LogP contribution >= 0.6 is 11.6 Å². The Labute approximate surface area is 131 Å². The molecule has 0 radical (unpaired) electrons. The largest absolute Gasteiger partial charge is 0.403 e. The predicted octanol–water partition coefficient (Wildman–Crippen LogP) is 4.47. The van der Waals surface area contributed by atoms with Crippen LogP contribution in [0.1, 0.15) is 5.56 Å². The highest BCUT2D eigenvalue weighted by Crippen LogP contribution is 2.30. The van der Waals surface area contributed by atoms with Crippen LogP contribution in [-0.2, 0) is 0 Å². The van der Waals surface area contributed by atoms with Crippen molar-refractivity contribution in [2.45, 2.75) is 6.92 Å². The van der Waals surface area contributed by atoms with E-state index in [9.17, 15) is 9.18 Å². The van der Waals surface area contributed by atoms with Crippen LogP contribution in [0.2, 0.25) is 5.02 Å². The molecule has 0 atom stereocenters. The number of nitrogens with zero attached hydrogens (tertiary/aromatic N) is 1. The van der Waals surface area contributed by atoms with E-state index in [1.165, 1.54) is 24.3 Å². The van der Waals surface area contributed by atoms with Crippen molar-refractivity contribution in [2.24, 2.45) is 0 Å². The van der Waals surface area contributed by atoms with Crippen molar-refractivity contribution in [3.05, 3.63) is 75.4 Å². The zero-order valence-corrected chi connectivity index (χ0v) is 12.4. The zero-order chi connectivity index (χ0) is 15.7. The topological polar surface area (TPSA) is 43.1 Å². The van der Waals surface area contributed by atoms with Crippen molar-refractivity contribution in [2.75, 3.05) is 0 Å². The summed E-state index contributed by atoms with van der Waals surface area (Å²) in [5.41, 5.74) is 1.53. The standard InChI is InChI=1S/C17H11ClFNO2/c1-10-5-2-3-6-11(10)14-9-15(21)22-17(20-14)16-12(18)7-4-8-13(16)19/h2-9H,1H3. The van der Waals surface area contributed by atoms with Crippen LogP contribution in [0.3, 0.4) is 0 Å². The molecule has 0 aliphatic heterocycles. The Hall–Kier alpha value is -2.46. The quantitative estimate of drug-likeness (QED) is 0.700. The van der Waals surface area contributed by atoms with Gasteiger partial charge in [0.2, 0.25) is 5.89 Å². The Kier molecular flexibility index (Phi) is 3.77. The van der Waals surface area contributed by atoms with Gasteiger partial charge < -0.3 is 4.42 Å². The predicted molar refractivity (Wildman–Crippen MR) is 83.4 cm³/mol. The van der Waals surface area contributed by atoms with E-state index in [0.717, 1.165) is 11.1 Å². The monoisotopic (exact) mass is 315 g/mol. The Bertz CT molecular complexity index is 885. The molecule has 0 saturated heterocycles. The highest BCUT2D eigenvalue weighted by atomic mass is 35.5. The second-order valence-corrected chi connectivity index (χ2v) is 5.19. The summed E-state index contributed by atoms with van der Waals surface area (Å²) in [5, 5.41) is 0.137. The molecule has 0 amide bonds. The average molecular weight is 316 g/mol. The fraction of sp³-hybridized carbons (Fsp3) is 0.0588. The first-order chi connectivity index (χ1) is 10.6. The molecule has 1 heterocycles. The van der Waals surface area contributed by atoms with Crippen LogP contribution in [0.5, 0.6) is 0 Å². The van der Waals surface area contributed by atoms with Gasteiger partial charge in [-0.1, -0.05) is 41.9 Å². The number of halogens is 2. The second kappa shape index (κ2) is 5.73. The van der Waals surface area contributed by atoms with E-state index >= 15 is 0 Å². The molecule has 2 aromatic carbocycles. The van der Waals surface area contributed by atoms with Gasteiger partial charge in [-0.05, 0) is 24.6 Å². The van der Waals surface area contributed by atoms with Crippen molar-refractivity contribution in [1.82, 2.24) is 4.98 Å². The molecule has 0 aliphatic rings. The van der Waals surface area contributed by atoms with Crippen LogP contribution in [0, 0.1) is 12.7 Å². The van der Waals surface area contributed by atoms with Crippen molar-refractivity contribution in [3.63, 3.8) is 0 Å². The van der Waals surface area contributed by atoms with E-state index in [1.807, 2.05) is 31.2 Å². The minimum absolute atomic E-state index is 0.0169. The maximum absolute atomic E-state index is 14.0. The minimum atomic E-state index is -0.609. The SMILES string of the molecule is Cc1ccccc1-c1cc(=O)oc(-c2c(F)cccc2Cl)n1. The van der Waals surface area contributed by atoms with Gasteiger partial charge in [-0.3, -0.25) is 0 Å². The summed E-state index contributed by atoms with van der Waals surface area (Å²) in [6.07, 6.45) is 0. The lowest BCUT2D eigenvalue weighted by molar-refractivity contribution is 0.502. The highest BCUT2D eigenvalue weighted by molar-refractivity contribution is 6.33. The Balaban J connectivity index is 2.24. The fourth-order valence-electron chi connectivity index (χ4n) is 2.21. The van der Waals surface area contributed by atoms with Crippen molar-refractivity contribution >= 4 is 11.6 Å². The summed E-state index contributed by atoms with van der Waals surface area (Å²) in [4.78, 5) is 16.1. The van der Waals surface area contributed by atoms with Gasteiger partial charge in [0.05, 0.1) is 22.3 Å². The Morgan fingerprint density at radius 2 is 1.91 bits per heavy atom. The first-order valence-corrected chi connectivity index (χ1v) is 6.96. The van der Waals surface area contributed by atoms with Crippen molar-refractivity contribution in [3.8, 4) is 22.7 Å². The van der Waals surface area contributed by atoms with Crippen LogP contribution in [0.4, 0.5) is 4.39 Å². The van der Waals surface area contributed by atoms with Gasteiger partial charge in [0.15, 0.2) is 0 Å². The first-order valence-electron chi connectivity index (χ1n) is 6.59. The summed E-state index contributed by atoms with van der Waals surface area (Å²) in [6, 6.07) is 13.0. The number of benzene rings is 2. The van der Waals surface area contributed by atoms with Crippen LogP contribution in [-0.4, -0.2) is 4.98 Å². The van der Waals surface area contributed by atoms with Gasteiger partial charge in [-0.25, -0.2) is 14.2 Å². The Morgan fingerprint density at radius 1 is 1.14 bits per heavy atom. The molecule has 5 heteroatoms. The molecule has 3 aromatic rings. The Morgan fingerprint density at radius 3 is 2.64 bits per heavy atom. The molecular weight excluding hydrogens is 305 g/mol. The fourth-order valence-corrected chi connectivity index (χ4v) is 2.45. The van der Waals surface area contributed by atoms with Gasteiger partial charge >= 0.3 is 5.63 Å². The number of aromatic nitrogens is 1. The lowest BCUT2D eigenvalue weighted by atomic mass is 10.1. The first kappa shape index (κ1) is 14.5. The summed E-state index contributed by atoms with van der Waals surface area (Å²) < 4.78 is 19.0. The molecule has 3 nitrogen and oxygen atoms in total. The maximum atomic E-state index is 14.0. The van der Waals surface area contributed by atoms with Crippen LogP contribution in [0.15, 0.2) is 57.7 Å². The number of hydrogen-bond acceptors (Lipinski definition) is 3. The lowest BCUT2D eigenvalue weighted by Gasteiger charge is -2.07. The maximum Gasteiger partial charge on any atom is 0.339 e. The van der Waals surface area contributed by atoms with E-state index in [-0.39, 0.29) is 16.5 Å². The van der Waals surface area contributed by atoms with Crippen molar-refractivity contribution < 1.29 is 8.81 Å². The van der Waals surface area contributed by atoms with Gasteiger partial charge in [-0.15, -0.1) is 0 Å². The van der Waals surface area contributed by atoms with Gasteiger partial charge in [0, 0.05) is 5.56 Å². The average Bonchev–Trinajstić information content (AvgIpc) is 2.47. The molecular formula is C17H11ClFNO2. The molecule has 0 N–H and O–H groups in total. The second-order valence-electron chi connectivity index (χ2n) is 4.78. The molecule has 3 rings (SSSR count). The minimum Gasteiger partial charge on any atom is -0.403 e. The molecule has 0 saturated carbocycles. The van der Waals surface area contributed by atoms with Crippen LogP contribution in [0.25, 0.3) is 22.7 Å². The normalized spacial score (nSPS) is 10.7. The molecule has 0 spiro atoms. The molecule has 0 unspecified atom stereocenters. The summed E-state index contributed by atoms with van der Waals surface area (Å²) in [5.74, 6) is -0.723. The van der Waals surface area contributed by atoms with Gasteiger partial charge in [0.25, 0.3) is 0 Å². The molecule has 1 aromatic heterocycles. The molecule has 0 bridgehead atoms. The molecule has 0 aliphatic carbocycles. The summed E-state index contributed by atoms with van der Waals surface area (Å²) in [6.45, 7) is 1.90. The summed E-state index contributed by atoms with van der Waals surface area (Å²) in [7, 11) is 0. The summed E-state index contributed by atoms with van der Waals surface area (Å²) >= 11 is 6.00. The zero-order valence-electron chi connectivity index (χ0n) is 11.6. The van der Waals surface area contributed by atoms with Crippen molar-refractivity contribution in [1.29, 1.82) is 0 Å². The van der Waals surface area contributed by atoms with E-state index in [4.69, 9.17) is 16.0 Å². The molecule has 0 fully saturated rings. The third kappa shape index (κ3) is 2.65. The van der Waals surface area contributed by atoms with Gasteiger partial charge in [-0.2, -0.15) is 0 Å². The van der Waals surface area contributed by atoms with E-state index in [1.54, 1.807) is 0 Å². The van der Waals surface area contributed by atoms with E-state index in [0.29, 0.717) is 5.69 Å². The third-order valence-corrected chi connectivity index (χ3v) is 3.59. The third-order valence-electron chi connectivity index (χ3n) is 3.27. The van der Waals surface area contributed by atoms with Gasteiger partial charge in [0.1, 0.15) is 5.82 Å². The van der Waals surface area contributed by atoms with E-state index in [2.05, 4.69) is 4.98 Å².